The molecule has 2 heterocycles. The molecule has 8 heteroatoms. The number of carbonyl (C=O) groups excluding carboxylic acids is 1. The lowest BCUT2D eigenvalue weighted by Gasteiger charge is -2.05. The molecule has 0 unspecified atom stereocenters. The Morgan fingerprint density at radius 2 is 2.12 bits per heavy atom. The first kappa shape index (κ1) is 16.6. The van der Waals surface area contributed by atoms with Crippen molar-refractivity contribution in [2.75, 3.05) is 5.32 Å². The van der Waals surface area contributed by atoms with E-state index >= 15 is 0 Å². The molecule has 0 atom stereocenters. The van der Waals surface area contributed by atoms with Crippen LogP contribution in [0.25, 0.3) is 21.1 Å². The second kappa shape index (κ2) is 6.15. The van der Waals surface area contributed by atoms with Gasteiger partial charge in [0.1, 0.15) is 0 Å². The second-order valence-electron chi connectivity index (χ2n) is 5.95. The van der Waals surface area contributed by atoms with Gasteiger partial charge in [0.2, 0.25) is 0 Å². The third-order valence-electron chi connectivity index (χ3n) is 4.20. The van der Waals surface area contributed by atoms with Crippen molar-refractivity contribution in [2.45, 2.75) is 6.92 Å². The molecule has 0 bridgehead atoms. The number of aromatic nitrogens is 3. The summed E-state index contributed by atoms with van der Waals surface area (Å²) in [6.45, 7) is 1.99. The van der Waals surface area contributed by atoms with Gasteiger partial charge in [0.25, 0.3) is 11.5 Å². The van der Waals surface area contributed by atoms with Crippen LogP contribution in [-0.2, 0) is 7.05 Å². The average Bonchev–Trinajstić information content (AvgIpc) is 3.03. The number of hydrogen-bond donors (Lipinski definition) is 2. The molecule has 0 aliphatic carbocycles. The van der Waals surface area contributed by atoms with Crippen LogP contribution in [0.4, 0.5) is 5.13 Å². The van der Waals surface area contributed by atoms with Gasteiger partial charge >= 0.3 is 0 Å². The van der Waals surface area contributed by atoms with E-state index < -0.39 is 0 Å². The number of aromatic amines is 1. The maximum atomic E-state index is 12.6. The van der Waals surface area contributed by atoms with E-state index in [2.05, 4.69) is 15.3 Å². The summed E-state index contributed by atoms with van der Waals surface area (Å²) in [5, 5.41) is 3.84. The summed E-state index contributed by atoms with van der Waals surface area (Å²) < 4.78 is 2.69. The van der Waals surface area contributed by atoms with Crippen LogP contribution in [0.1, 0.15) is 15.9 Å². The van der Waals surface area contributed by atoms with Gasteiger partial charge < -0.3 is 4.98 Å². The standard InChI is InChI=1S/C18H14N4O2S2/c1-9-4-3-5-13-14(9)20-17(26-13)21-15(23)10-6-7-11-12(8-10)19-18(25)22(2)16(11)24/h3-8H,1-2H3,(H,19,25)(H,20,21,23). The van der Waals surface area contributed by atoms with Crippen LogP contribution in [0.15, 0.2) is 41.2 Å². The Balaban J connectivity index is 1.71. The number of aryl methyl sites for hydroxylation is 1. The highest BCUT2D eigenvalue weighted by molar-refractivity contribution is 7.71. The average molecular weight is 382 g/mol. The number of amides is 1. The molecule has 6 nitrogen and oxygen atoms in total. The Kier molecular flexibility index (Phi) is 3.93. The van der Waals surface area contributed by atoms with Gasteiger partial charge in [0.15, 0.2) is 9.90 Å². The quantitative estimate of drug-likeness (QED) is 0.517. The number of anilines is 1. The molecule has 1 amide bonds. The third-order valence-corrected chi connectivity index (χ3v) is 5.52. The van der Waals surface area contributed by atoms with Crippen molar-refractivity contribution in [2.24, 2.45) is 7.05 Å². The number of fused-ring (bicyclic) bond motifs is 2. The Morgan fingerprint density at radius 1 is 1.31 bits per heavy atom. The number of carbonyl (C=O) groups is 1. The topological polar surface area (TPSA) is 79.8 Å². The highest BCUT2D eigenvalue weighted by Gasteiger charge is 2.12. The number of thiazole rings is 1. The molecular formula is C18H14N4O2S2. The number of benzene rings is 2. The smallest absolute Gasteiger partial charge is 0.261 e. The molecular weight excluding hydrogens is 368 g/mol. The van der Waals surface area contributed by atoms with Gasteiger partial charge in [-0.15, -0.1) is 0 Å². The fraction of sp³-hybridized carbons (Fsp3) is 0.111. The first-order valence-electron chi connectivity index (χ1n) is 7.84. The highest BCUT2D eigenvalue weighted by Crippen LogP contribution is 2.28. The van der Waals surface area contributed by atoms with Gasteiger partial charge in [-0.25, -0.2) is 4.98 Å². The van der Waals surface area contributed by atoms with Crippen molar-refractivity contribution < 1.29 is 4.79 Å². The van der Waals surface area contributed by atoms with Crippen LogP contribution in [-0.4, -0.2) is 20.4 Å². The maximum Gasteiger partial charge on any atom is 0.261 e. The molecule has 2 N–H and O–H groups in total. The Labute approximate surface area is 157 Å². The molecule has 0 aliphatic heterocycles. The van der Waals surface area contributed by atoms with Crippen molar-refractivity contribution in [3.8, 4) is 0 Å². The number of para-hydroxylation sites is 1. The number of H-pyrrole nitrogens is 1. The normalized spacial score (nSPS) is 11.2. The van der Waals surface area contributed by atoms with E-state index in [0.29, 0.717) is 26.4 Å². The van der Waals surface area contributed by atoms with E-state index in [1.807, 2.05) is 25.1 Å². The van der Waals surface area contributed by atoms with Crippen molar-refractivity contribution in [1.82, 2.24) is 14.5 Å². The highest BCUT2D eigenvalue weighted by atomic mass is 32.1. The molecule has 2 aromatic heterocycles. The minimum absolute atomic E-state index is 0.197. The monoisotopic (exact) mass is 382 g/mol. The molecule has 0 spiro atoms. The van der Waals surface area contributed by atoms with E-state index in [9.17, 15) is 9.59 Å². The Bertz CT molecular complexity index is 1300. The first-order valence-corrected chi connectivity index (χ1v) is 9.07. The van der Waals surface area contributed by atoms with E-state index in [-0.39, 0.29) is 11.5 Å². The first-order chi connectivity index (χ1) is 12.4. The summed E-state index contributed by atoms with van der Waals surface area (Å²) in [6.07, 6.45) is 0. The number of nitrogens with zero attached hydrogens (tertiary/aromatic N) is 2. The molecule has 0 radical (unpaired) electrons. The van der Waals surface area contributed by atoms with Gasteiger partial charge in [0, 0.05) is 12.6 Å². The summed E-state index contributed by atoms with van der Waals surface area (Å²) in [5.41, 5.74) is 2.71. The third kappa shape index (κ3) is 2.73. The fourth-order valence-corrected chi connectivity index (χ4v) is 3.89. The van der Waals surface area contributed by atoms with E-state index in [0.717, 1.165) is 15.8 Å². The number of nitrogens with one attached hydrogen (secondary N) is 2. The summed E-state index contributed by atoms with van der Waals surface area (Å²) in [4.78, 5) is 32.3. The summed E-state index contributed by atoms with van der Waals surface area (Å²) in [7, 11) is 1.61. The predicted octanol–water partition coefficient (Wildman–Crippen LogP) is 3.77. The molecule has 4 rings (SSSR count). The van der Waals surface area contributed by atoms with Gasteiger partial charge in [-0.2, -0.15) is 0 Å². The van der Waals surface area contributed by atoms with Crippen LogP contribution in [0, 0.1) is 11.7 Å². The van der Waals surface area contributed by atoms with Gasteiger partial charge in [0.05, 0.1) is 21.1 Å². The van der Waals surface area contributed by atoms with E-state index in [1.165, 1.54) is 15.9 Å². The summed E-state index contributed by atoms with van der Waals surface area (Å²) in [6, 6.07) is 10.8. The predicted molar refractivity (Wildman–Crippen MR) is 107 cm³/mol. The fourth-order valence-electron chi connectivity index (χ4n) is 2.76. The lowest BCUT2D eigenvalue weighted by molar-refractivity contribution is 0.102. The molecule has 2 aromatic carbocycles. The summed E-state index contributed by atoms with van der Waals surface area (Å²) in [5.74, 6) is -0.288. The van der Waals surface area contributed by atoms with Crippen molar-refractivity contribution in [1.29, 1.82) is 0 Å². The SMILES string of the molecule is Cc1cccc2sc(NC(=O)c3ccc4c(=O)n(C)c(=S)[nH]c4c3)nc12. The maximum absolute atomic E-state index is 12.6. The minimum atomic E-state index is -0.288. The van der Waals surface area contributed by atoms with Crippen molar-refractivity contribution in [3.05, 3.63) is 62.6 Å². The molecule has 130 valence electrons. The van der Waals surface area contributed by atoms with E-state index in [4.69, 9.17) is 12.2 Å². The molecule has 0 saturated carbocycles. The van der Waals surface area contributed by atoms with Gasteiger partial charge in [-0.05, 0) is 49.0 Å². The minimum Gasteiger partial charge on any atom is -0.332 e. The molecule has 0 saturated heterocycles. The van der Waals surface area contributed by atoms with Crippen molar-refractivity contribution >= 4 is 55.7 Å². The zero-order valence-electron chi connectivity index (χ0n) is 14.0. The van der Waals surface area contributed by atoms with Crippen LogP contribution in [0.3, 0.4) is 0 Å². The number of hydrogen-bond acceptors (Lipinski definition) is 5. The lowest BCUT2D eigenvalue weighted by atomic mass is 10.1. The van der Waals surface area contributed by atoms with Gasteiger partial charge in [-0.1, -0.05) is 23.5 Å². The van der Waals surface area contributed by atoms with Gasteiger partial charge in [-0.3, -0.25) is 19.5 Å². The largest absolute Gasteiger partial charge is 0.332 e. The molecule has 0 fully saturated rings. The Morgan fingerprint density at radius 3 is 2.88 bits per heavy atom. The zero-order chi connectivity index (χ0) is 18.4. The van der Waals surface area contributed by atoms with Crippen LogP contribution >= 0.6 is 23.6 Å². The molecule has 0 aliphatic rings. The number of rotatable bonds is 2. The Hall–Kier alpha value is -2.84. The van der Waals surface area contributed by atoms with Crippen molar-refractivity contribution in [3.63, 3.8) is 0 Å². The lowest BCUT2D eigenvalue weighted by Crippen LogP contribution is -2.19. The van der Waals surface area contributed by atoms with Crippen LogP contribution < -0.4 is 10.9 Å². The van der Waals surface area contributed by atoms with Crippen LogP contribution in [0.5, 0.6) is 0 Å². The molecule has 4 aromatic rings. The second-order valence-corrected chi connectivity index (χ2v) is 7.37. The van der Waals surface area contributed by atoms with E-state index in [1.54, 1.807) is 25.2 Å². The van der Waals surface area contributed by atoms with Crippen LogP contribution in [0.2, 0.25) is 0 Å². The zero-order valence-corrected chi connectivity index (χ0v) is 15.6. The molecule has 26 heavy (non-hydrogen) atoms. The summed E-state index contributed by atoms with van der Waals surface area (Å²) >= 11 is 6.55.